The highest BCUT2D eigenvalue weighted by atomic mass is 79.9. The summed E-state index contributed by atoms with van der Waals surface area (Å²) in [6, 6.07) is 14.7. The molecule has 192 valence electrons. The van der Waals surface area contributed by atoms with E-state index in [0.717, 1.165) is 28.8 Å². The molecule has 9 nitrogen and oxygen atoms in total. The number of unbranched alkanes of at least 4 members (excludes halogenated alkanes) is 1. The maximum Gasteiger partial charge on any atom is 0.251 e. The number of hydrogen-bond donors (Lipinski definition) is 2. The third kappa shape index (κ3) is 7.63. The van der Waals surface area contributed by atoms with Crippen molar-refractivity contribution in [3.05, 3.63) is 76.0 Å². The number of halogens is 1. The SMILES string of the molecule is CCCCOc1ccc(C(=O)NCc2nnc(SCC(=O)Nc3nccs3)n2-c2ccc(Br)cc2)cc1. The van der Waals surface area contributed by atoms with Crippen molar-refractivity contribution in [2.75, 3.05) is 17.7 Å². The highest BCUT2D eigenvalue weighted by Gasteiger charge is 2.17. The molecule has 37 heavy (non-hydrogen) atoms. The summed E-state index contributed by atoms with van der Waals surface area (Å²) < 4.78 is 8.43. The molecule has 2 N–H and O–H groups in total. The predicted molar refractivity (Wildman–Crippen MR) is 149 cm³/mol. The standard InChI is InChI=1S/C25H25BrN6O3S2/c1-2-3-13-35-20-10-4-17(5-11-20)23(34)28-15-21-30-31-25(32(21)19-8-6-18(26)7-9-19)37-16-22(33)29-24-27-12-14-36-24/h4-12,14H,2-3,13,15-16H2,1H3,(H,28,34)(H,27,29,33). The summed E-state index contributed by atoms with van der Waals surface area (Å²) in [6.45, 7) is 2.92. The van der Waals surface area contributed by atoms with E-state index >= 15 is 0 Å². The first-order valence-electron chi connectivity index (χ1n) is 11.6. The molecule has 12 heteroatoms. The minimum Gasteiger partial charge on any atom is -0.494 e. The Morgan fingerprint density at radius 3 is 2.59 bits per heavy atom. The minimum atomic E-state index is -0.234. The second-order valence-electron chi connectivity index (χ2n) is 7.79. The molecule has 2 heterocycles. The Balaban J connectivity index is 1.44. The quantitative estimate of drug-likeness (QED) is 0.167. The van der Waals surface area contributed by atoms with Crippen molar-refractivity contribution >= 4 is 56.0 Å². The van der Waals surface area contributed by atoms with Gasteiger partial charge in [-0.05, 0) is 55.0 Å². The minimum absolute atomic E-state index is 0.132. The molecule has 0 unspecified atom stereocenters. The van der Waals surface area contributed by atoms with Crippen LogP contribution >= 0.6 is 39.0 Å². The number of hydrogen-bond acceptors (Lipinski definition) is 8. The van der Waals surface area contributed by atoms with Crippen molar-refractivity contribution in [1.82, 2.24) is 25.1 Å². The highest BCUT2D eigenvalue weighted by molar-refractivity contribution is 9.10. The molecule has 0 spiro atoms. The lowest BCUT2D eigenvalue weighted by Crippen LogP contribution is -2.24. The van der Waals surface area contributed by atoms with Crippen molar-refractivity contribution in [3.8, 4) is 11.4 Å². The van der Waals surface area contributed by atoms with E-state index in [2.05, 4.69) is 48.7 Å². The van der Waals surface area contributed by atoms with Crippen LogP contribution in [-0.4, -0.2) is 43.9 Å². The number of carbonyl (C=O) groups is 2. The number of rotatable bonds is 12. The molecule has 0 bridgehead atoms. The lowest BCUT2D eigenvalue weighted by molar-refractivity contribution is -0.113. The van der Waals surface area contributed by atoms with Crippen LogP contribution in [0.15, 0.2) is 69.7 Å². The number of anilines is 1. The fraction of sp³-hybridized carbons (Fsp3) is 0.240. The van der Waals surface area contributed by atoms with Gasteiger partial charge in [0.05, 0.1) is 18.9 Å². The van der Waals surface area contributed by atoms with Gasteiger partial charge < -0.3 is 15.4 Å². The lowest BCUT2D eigenvalue weighted by atomic mass is 10.2. The number of thiazole rings is 1. The second kappa shape index (κ2) is 13.4. The van der Waals surface area contributed by atoms with Crippen LogP contribution in [0.25, 0.3) is 5.69 Å². The zero-order valence-electron chi connectivity index (χ0n) is 20.0. The van der Waals surface area contributed by atoms with Gasteiger partial charge in [0.1, 0.15) is 5.75 Å². The van der Waals surface area contributed by atoms with E-state index in [1.807, 2.05) is 28.8 Å². The van der Waals surface area contributed by atoms with Crippen LogP contribution in [0, 0.1) is 0 Å². The summed E-state index contributed by atoms with van der Waals surface area (Å²) in [7, 11) is 0. The predicted octanol–water partition coefficient (Wildman–Crippen LogP) is 5.33. The van der Waals surface area contributed by atoms with Crippen LogP contribution in [0.2, 0.25) is 0 Å². The molecule has 0 fully saturated rings. The molecule has 4 rings (SSSR count). The Morgan fingerprint density at radius 2 is 1.89 bits per heavy atom. The number of carbonyl (C=O) groups excluding carboxylic acids is 2. The van der Waals surface area contributed by atoms with E-state index in [0.29, 0.717) is 28.3 Å². The van der Waals surface area contributed by atoms with Crippen LogP contribution in [0.5, 0.6) is 5.75 Å². The van der Waals surface area contributed by atoms with Crippen molar-refractivity contribution in [2.24, 2.45) is 0 Å². The van der Waals surface area contributed by atoms with E-state index in [9.17, 15) is 9.59 Å². The molecular weight excluding hydrogens is 576 g/mol. The Labute approximate surface area is 231 Å². The normalized spacial score (nSPS) is 10.8. The van der Waals surface area contributed by atoms with Crippen LogP contribution in [-0.2, 0) is 11.3 Å². The molecule has 0 saturated carbocycles. The number of ether oxygens (including phenoxy) is 1. The first kappa shape index (κ1) is 26.8. The molecule has 0 aliphatic carbocycles. The number of amides is 2. The van der Waals surface area contributed by atoms with Gasteiger partial charge in [0.25, 0.3) is 5.91 Å². The van der Waals surface area contributed by atoms with E-state index in [1.165, 1.54) is 23.1 Å². The van der Waals surface area contributed by atoms with Gasteiger partial charge in [-0.25, -0.2) is 4.98 Å². The van der Waals surface area contributed by atoms with Gasteiger partial charge in [-0.15, -0.1) is 21.5 Å². The molecule has 0 saturated heterocycles. The first-order chi connectivity index (χ1) is 18.0. The summed E-state index contributed by atoms with van der Waals surface area (Å²) in [5, 5.41) is 17.1. The van der Waals surface area contributed by atoms with Gasteiger partial charge in [-0.3, -0.25) is 14.2 Å². The third-order valence-electron chi connectivity index (χ3n) is 5.09. The van der Waals surface area contributed by atoms with Crippen LogP contribution < -0.4 is 15.4 Å². The average molecular weight is 602 g/mol. The van der Waals surface area contributed by atoms with Gasteiger partial charge in [-0.1, -0.05) is 41.0 Å². The van der Waals surface area contributed by atoms with Gasteiger partial charge in [0.15, 0.2) is 16.1 Å². The maximum absolute atomic E-state index is 12.8. The van der Waals surface area contributed by atoms with Crippen molar-refractivity contribution in [3.63, 3.8) is 0 Å². The molecule has 2 aromatic heterocycles. The Bertz CT molecular complexity index is 1310. The Morgan fingerprint density at radius 1 is 1.11 bits per heavy atom. The molecular formula is C25H25BrN6O3S2. The van der Waals surface area contributed by atoms with Gasteiger partial charge in [0, 0.05) is 27.3 Å². The zero-order valence-corrected chi connectivity index (χ0v) is 23.2. The van der Waals surface area contributed by atoms with Crippen LogP contribution in [0.3, 0.4) is 0 Å². The molecule has 0 radical (unpaired) electrons. The van der Waals surface area contributed by atoms with Gasteiger partial charge >= 0.3 is 0 Å². The molecule has 0 aliphatic rings. The van der Waals surface area contributed by atoms with Crippen molar-refractivity contribution in [1.29, 1.82) is 0 Å². The molecule has 0 atom stereocenters. The number of nitrogens with zero attached hydrogens (tertiary/aromatic N) is 4. The fourth-order valence-electron chi connectivity index (χ4n) is 3.23. The zero-order chi connectivity index (χ0) is 26.0. The van der Waals surface area contributed by atoms with Gasteiger partial charge in [0.2, 0.25) is 5.91 Å². The van der Waals surface area contributed by atoms with Gasteiger partial charge in [-0.2, -0.15) is 0 Å². The van der Waals surface area contributed by atoms with E-state index < -0.39 is 0 Å². The molecule has 4 aromatic rings. The maximum atomic E-state index is 12.8. The molecule has 2 amide bonds. The average Bonchev–Trinajstić information content (AvgIpc) is 3.57. The number of aromatic nitrogens is 4. The summed E-state index contributed by atoms with van der Waals surface area (Å²) in [4.78, 5) is 29.2. The van der Waals surface area contributed by atoms with Crippen LogP contribution in [0.4, 0.5) is 5.13 Å². The number of thioether (sulfide) groups is 1. The monoisotopic (exact) mass is 600 g/mol. The first-order valence-corrected chi connectivity index (χ1v) is 14.2. The van der Waals surface area contributed by atoms with Crippen molar-refractivity contribution in [2.45, 2.75) is 31.5 Å². The van der Waals surface area contributed by atoms with Crippen molar-refractivity contribution < 1.29 is 14.3 Å². The fourth-order valence-corrected chi connectivity index (χ4v) is 4.81. The molecule has 2 aromatic carbocycles. The van der Waals surface area contributed by atoms with Crippen LogP contribution in [0.1, 0.15) is 35.9 Å². The smallest absolute Gasteiger partial charge is 0.251 e. The molecule has 0 aliphatic heterocycles. The Hall–Kier alpha value is -3.22. The lowest BCUT2D eigenvalue weighted by Gasteiger charge is -2.11. The number of nitrogens with one attached hydrogen (secondary N) is 2. The van der Waals surface area contributed by atoms with E-state index in [4.69, 9.17) is 4.74 Å². The topological polar surface area (TPSA) is 111 Å². The highest BCUT2D eigenvalue weighted by Crippen LogP contribution is 2.24. The van der Waals surface area contributed by atoms with E-state index in [1.54, 1.807) is 35.8 Å². The summed E-state index contributed by atoms with van der Waals surface area (Å²) in [6.07, 6.45) is 3.68. The summed E-state index contributed by atoms with van der Waals surface area (Å²) in [5.41, 5.74) is 1.33. The summed E-state index contributed by atoms with van der Waals surface area (Å²) >= 11 is 6.06. The van der Waals surface area contributed by atoms with E-state index in [-0.39, 0.29) is 24.1 Å². The largest absolute Gasteiger partial charge is 0.494 e. The Kier molecular flexibility index (Phi) is 9.69. The summed E-state index contributed by atoms with van der Waals surface area (Å²) in [5.74, 6) is 0.983. The third-order valence-corrected chi connectivity index (χ3v) is 7.23. The second-order valence-corrected chi connectivity index (χ2v) is 10.5. The number of benzene rings is 2.